The number of hydrogen-bond acceptors (Lipinski definition) is 3. The van der Waals surface area contributed by atoms with Crippen LogP contribution >= 0.6 is 0 Å². The van der Waals surface area contributed by atoms with Crippen LogP contribution in [0.5, 0.6) is 0 Å². The summed E-state index contributed by atoms with van der Waals surface area (Å²) in [6, 6.07) is 7.47. The van der Waals surface area contributed by atoms with Gasteiger partial charge in [0.05, 0.1) is 11.6 Å². The SMILES string of the molecule is CS(=O)(=O)O.O.O.O.O=C1C=c2ccccc2=N1. The fourth-order valence-corrected chi connectivity index (χ4v) is 0.995. The lowest BCUT2D eigenvalue weighted by Crippen LogP contribution is -2.19. The molecule has 0 aliphatic carbocycles. The van der Waals surface area contributed by atoms with Gasteiger partial charge >= 0.3 is 0 Å². The van der Waals surface area contributed by atoms with Gasteiger partial charge < -0.3 is 16.4 Å². The van der Waals surface area contributed by atoms with Gasteiger partial charge in [0.15, 0.2) is 0 Å². The number of benzene rings is 1. The van der Waals surface area contributed by atoms with Gasteiger partial charge in [-0.2, -0.15) is 8.42 Å². The van der Waals surface area contributed by atoms with E-state index in [0.717, 1.165) is 10.6 Å². The molecule has 0 fully saturated rings. The monoisotopic (exact) mass is 281 g/mol. The van der Waals surface area contributed by atoms with E-state index < -0.39 is 10.1 Å². The maximum absolute atomic E-state index is 10.7. The van der Waals surface area contributed by atoms with E-state index in [1.54, 1.807) is 0 Å². The van der Waals surface area contributed by atoms with Gasteiger partial charge in [0.1, 0.15) is 0 Å². The number of fused-ring (bicyclic) bond motifs is 1. The van der Waals surface area contributed by atoms with E-state index in [1.807, 2.05) is 24.3 Å². The Morgan fingerprint density at radius 3 is 2.00 bits per heavy atom. The Balaban J connectivity index is -0.000000252. The van der Waals surface area contributed by atoms with Crippen LogP contribution in [-0.2, 0) is 14.9 Å². The average Bonchev–Trinajstić information content (AvgIpc) is 2.40. The largest absolute Gasteiger partial charge is 0.412 e. The minimum atomic E-state index is -3.67. The highest BCUT2D eigenvalue weighted by molar-refractivity contribution is 7.85. The van der Waals surface area contributed by atoms with Crippen LogP contribution in [0.25, 0.3) is 6.08 Å². The summed E-state index contributed by atoms with van der Waals surface area (Å²) in [4.78, 5) is 14.4. The van der Waals surface area contributed by atoms with Crippen LogP contribution in [0.3, 0.4) is 0 Å². The summed E-state index contributed by atoms with van der Waals surface area (Å²) in [6.07, 6.45) is 2.25. The van der Waals surface area contributed by atoms with Gasteiger partial charge in [-0.1, -0.05) is 18.2 Å². The molecule has 0 unspecified atom stereocenters. The molecule has 0 atom stereocenters. The quantitative estimate of drug-likeness (QED) is 0.488. The number of hydrogen-bond donors (Lipinski definition) is 1. The molecule has 8 nitrogen and oxygen atoms in total. The third-order valence-electron chi connectivity index (χ3n) is 1.45. The number of nitrogens with zero attached hydrogens (tertiary/aromatic N) is 1. The van der Waals surface area contributed by atoms with Crippen molar-refractivity contribution in [2.24, 2.45) is 4.99 Å². The molecular formula is C9H15NO7S. The van der Waals surface area contributed by atoms with Crippen molar-refractivity contribution < 1.29 is 34.2 Å². The molecule has 0 spiro atoms. The van der Waals surface area contributed by atoms with Crippen molar-refractivity contribution >= 4 is 22.1 Å². The van der Waals surface area contributed by atoms with Gasteiger partial charge in [-0.3, -0.25) is 9.35 Å². The Hall–Kier alpha value is -1.65. The third-order valence-corrected chi connectivity index (χ3v) is 1.45. The normalized spacial score (nSPS) is 10.9. The molecule has 0 aromatic heterocycles. The first-order chi connectivity index (χ1) is 6.86. The van der Waals surface area contributed by atoms with Crippen LogP contribution in [0.2, 0.25) is 0 Å². The van der Waals surface area contributed by atoms with E-state index >= 15 is 0 Å². The molecule has 104 valence electrons. The Morgan fingerprint density at radius 1 is 1.11 bits per heavy atom. The van der Waals surface area contributed by atoms with Gasteiger partial charge in [-0.25, -0.2) is 4.99 Å². The highest BCUT2D eigenvalue weighted by atomic mass is 32.2. The summed E-state index contributed by atoms with van der Waals surface area (Å²) in [7, 11) is -3.67. The standard InChI is InChI=1S/C8H5NO.CH4O3S.3H2O/c10-8-5-6-3-1-2-4-7(6)9-8;1-5(2,3)4;;;/h1-5H;1H3,(H,2,3,4);3*1H2. The summed E-state index contributed by atoms with van der Waals surface area (Å²) in [5, 5.41) is 1.71. The Bertz CT molecular complexity index is 549. The highest BCUT2D eigenvalue weighted by Crippen LogP contribution is 1.81. The molecule has 2 rings (SSSR count). The number of carbonyl (C=O) groups is 1. The second-order valence-corrected chi connectivity index (χ2v) is 4.35. The minimum absolute atomic E-state index is 0. The number of para-hydroxylation sites is 1. The number of amides is 1. The maximum Gasteiger partial charge on any atom is 0.270 e. The average molecular weight is 281 g/mol. The second kappa shape index (κ2) is 8.44. The predicted molar refractivity (Wildman–Crippen MR) is 65.0 cm³/mol. The van der Waals surface area contributed by atoms with Crippen molar-refractivity contribution in [2.45, 2.75) is 0 Å². The van der Waals surface area contributed by atoms with Crippen molar-refractivity contribution in [1.82, 2.24) is 0 Å². The zero-order chi connectivity index (χ0) is 11.5. The first-order valence-electron chi connectivity index (χ1n) is 3.98. The van der Waals surface area contributed by atoms with Crippen molar-refractivity contribution in [1.29, 1.82) is 0 Å². The fourth-order valence-electron chi connectivity index (χ4n) is 0.995. The molecule has 0 radical (unpaired) electrons. The number of rotatable bonds is 0. The summed E-state index contributed by atoms with van der Waals surface area (Å²) >= 11 is 0. The Kier molecular flexibility index (Phi) is 10.1. The predicted octanol–water partition coefficient (Wildman–Crippen LogP) is -3.34. The van der Waals surface area contributed by atoms with Gasteiger partial charge in [-0.15, -0.1) is 0 Å². The molecule has 9 heteroatoms. The summed E-state index contributed by atoms with van der Waals surface area (Å²) in [6.45, 7) is 0. The molecular weight excluding hydrogens is 266 g/mol. The van der Waals surface area contributed by atoms with Crippen LogP contribution in [-0.4, -0.2) is 41.6 Å². The molecule has 1 amide bonds. The molecule has 1 aliphatic rings. The van der Waals surface area contributed by atoms with E-state index in [-0.39, 0.29) is 22.3 Å². The molecule has 18 heavy (non-hydrogen) atoms. The van der Waals surface area contributed by atoms with E-state index in [1.165, 1.54) is 6.08 Å². The molecule has 1 aromatic carbocycles. The van der Waals surface area contributed by atoms with Gasteiger partial charge in [0, 0.05) is 11.3 Å². The molecule has 0 saturated carbocycles. The first kappa shape index (κ1) is 21.6. The van der Waals surface area contributed by atoms with Crippen molar-refractivity contribution in [3.05, 3.63) is 34.8 Å². The van der Waals surface area contributed by atoms with Gasteiger partial charge in [0.25, 0.3) is 16.0 Å². The smallest absolute Gasteiger partial charge is 0.270 e. The van der Waals surface area contributed by atoms with E-state index in [0.29, 0.717) is 6.26 Å². The van der Waals surface area contributed by atoms with Crippen molar-refractivity contribution in [3.8, 4) is 0 Å². The first-order valence-corrected chi connectivity index (χ1v) is 5.83. The van der Waals surface area contributed by atoms with Crippen LogP contribution in [0, 0.1) is 0 Å². The third kappa shape index (κ3) is 8.50. The molecule has 1 heterocycles. The Morgan fingerprint density at radius 2 is 1.56 bits per heavy atom. The maximum atomic E-state index is 10.7. The van der Waals surface area contributed by atoms with Crippen molar-refractivity contribution in [3.63, 3.8) is 0 Å². The molecule has 1 aromatic rings. The lowest BCUT2D eigenvalue weighted by molar-refractivity contribution is -0.112. The highest BCUT2D eigenvalue weighted by Gasteiger charge is 1.99. The summed E-state index contributed by atoms with van der Waals surface area (Å²) in [5.74, 6) is -0.152. The van der Waals surface area contributed by atoms with E-state index in [2.05, 4.69) is 4.99 Å². The minimum Gasteiger partial charge on any atom is -0.412 e. The molecule has 0 saturated heterocycles. The van der Waals surface area contributed by atoms with Gasteiger partial charge in [-0.05, 0) is 6.07 Å². The molecule has 7 N–H and O–H groups in total. The fraction of sp³-hybridized carbons (Fsp3) is 0.111. The zero-order valence-corrected chi connectivity index (χ0v) is 10.2. The van der Waals surface area contributed by atoms with E-state index in [4.69, 9.17) is 4.55 Å². The summed E-state index contributed by atoms with van der Waals surface area (Å²) < 4.78 is 25.9. The van der Waals surface area contributed by atoms with Crippen LogP contribution in [0.15, 0.2) is 29.3 Å². The van der Waals surface area contributed by atoms with E-state index in [9.17, 15) is 13.2 Å². The van der Waals surface area contributed by atoms with Crippen LogP contribution in [0.1, 0.15) is 0 Å². The Labute approximate surface area is 103 Å². The molecule has 1 aliphatic heterocycles. The van der Waals surface area contributed by atoms with Crippen molar-refractivity contribution in [2.75, 3.05) is 6.26 Å². The van der Waals surface area contributed by atoms with Gasteiger partial charge in [0.2, 0.25) is 0 Å². The summed E-state index contributed by atoms with van der Waals surface area (Å²) in [5.41, 5.74) is 0. The topological polar surface area (TPSA) is 178 Å². The van der Waals surface area contributed by atoms with Crippen LogP contribution in [0.4, 0.5) is 0 Å². The molecule has 0 bridgehead atoms. The lowest BCUT2D eigenvalue weighted by Gasteiger charge is -1.77. The zero-order valence-electron chi connectivity index (χ0n) is 9.41. The number of carbonyl (C=O) groups excluding carboxylic acids is 1. The second-order valence-electron chi connectivity index (χ2n) is 2.89. The lowest BCUT2D eigenvalue weighted by atomic mass is 10.3. The van der Waals surface area contributed by atoms with Crippen LogP contribution < -0.4 is 10.6 Å².